The number of carbonyl (C=O) groups excluding carboxylic acids is 1. The number of ether oxygens (including phenoxy) is 1. The molecule has 0 bridgehead atoms. The number of methoxy groups -OCH3 is 1. The van der Waals surface area contributed by atoms with Crippen molar-refractivity contribution >= 4 is 17.3 Å². The highest BCUT2D eigenvalue weighted by atomic mass is 16.6. The third kappa shape index (κ3) is 2.74. The lowest BCUT2D eigenvalue weighted by Crippen LogP contribution is -2.37. The fourth-order valence-electron chi connectivity index (χ4n) is 2.66. The minimum absolute atomic E-state index is 0.0971. The summed E-state index contributed by atoms with van der Waals surface area (Å²) in [5.74, 6) is -0.288. The van der Waals surface area contributed by atoms with Crippen LogP contribution in [0, 0.1) is 23.0 Å². The summed E-state index contributed by atoms with van der Waals surface area (Å²) in [6, 6.07) is 5.33. The number of carbonyl (C=O) groups is 1. The van der Waals surface area contributed by atoms with E-state index >= 15 is 0 Å². The third-order valence-electron chi connectivity index (χ3n) is 3.77. The number of piperidine rings is 1. The fraction of sp³-hybridized carbons (Fsp3) is 0.500. The highest BCUT2D eigenvalue weighted by molar-refractivity contribution is 5.73. The summed E-state index contributed by atoms with van der Waals surface area (Å²) in [6.45, 7) is 3.00. The molecule has 1 fully saturated rings. The number of aryl methyl sites for hydroxylation is 1. The molecule has 108 valence electrons. The van der Waals surface area contributed by atoms with Gasteiger partial charge in [-0.3, -0.25) is 14.9 Å². The van der Waals surface area contributed by atoms with Gasteiger partial charge in [-0.25, -0.2) is 0 Å². The minimum Gasteiger partial charge on any atom is -0.469 e. The normalized spacial score (nSPS) is 16.0. The van der Waals surface area contributed by atoms with E-state index in [2.05, 4.69) is 0 Å². The number of nitro groups is 1. The standard InChI is InChI=1S/C14H18N2O4/c1-10-4-3-5-12(13(10)16(18)19)15-8-6-11(7-9-15)14(17)20-2/h3-5,11H,6-9H2,1-2H3. The summed E-state index contributed by atoms with van der Waals surface area (Å²) in [6.07, 6.45) is 1.33. The zero-order valence-corrected chi connectivity index (χ0v) is 11.7. The van der Waals surface area contributed by atoms with E-state index < -0.39 is 0 Å². The van der Waals surface area contributed by atoms with Gasteiger partial charge in [0, 0.05) is 18.7 Å². The molecule has 1 heterocycles. The summed E-state index contributed by atoms with van der Waals surface area (Å²) in [5.41, 5.74) is 1.45. The Morgan fingerprint density at radius 3 is 2.60 bits per heavy atom. The van der Waals surface area contributed by atoms with Gasteiger partial charge in [-0.1, -0.05) is 12.1 Å². The van der Waals surface area contributed by atoms with Gasteiger partial charge in [0.25, 0.3) is 5.69 Å². The maximum Gasteiger partial charge on any atom is 0.308 e. The molecular formula is C14H18N2O4. The van der Waals surface area contributed by atoms with Crippen LogP contribution in [0.4, 0.5) is 11.4 Å². The highest BCUT2D eigenvalue weighted by Crippen LogP contribution is 2.33. The molecule has 1 aliphatic heterocycles. The highest BCUT2D eigenvalue weighted by Gasteiger charge is 2.29. The number of benzene rings is 1. The van der Waals surface area contributed by atoms with Gasteiger partial charge in [0.1, 0.15) is 5.69 Å². The van der Waals surface area contributed by atoms with Crippen LogP contribution in [0.15, 0.2) is 18.2 Å². The Morgan fingerprint density at radius 1 is 1.40 bits per heavy atom. The fourth-order valence-corrected chi connectivity index (χ4v) is 2.66. The second kappa shape index (κ2) is 5.90. The summed E-state index contributed by atoms with van der Waals surface area (Å²) in [5, 5.41) is 11.2. The van der Waals surface area contributed by atoms with Gasteiger partial charge in [-0.15, -0.1) is 0 Å². The Bertz CT molecular complexity index is 522. The molecule has 1 saturated heterocycles. The maximum atomic E-state index is 11.5. The molecule has 1 aliphatic rings. The predicted octanol–water partition coefficient (Wildman–Crippen LogP) is 2.29. The van der Waals surface area contributed by atoms with Crippen LogP contribution >= 0.6 is 0 Å². The van der Waals surface area contributed by atoms with Crippen LogP contribution in [0.3, 0.4) is 0 Å². The van der Waals surface area contributed by atoms with E-state index in [-0.39, 0.29) is 22.5 Å². The van der Waals surface area contributed by atoms with E-state index in [1.165, 1.54) is 7.11 Å². The van der Waals surface area contributed by atoms with Crippen molar-refractivity contribution in [3.63, 3.8) is 0 Å². The van der Waals surface area contributed by atoms with Gasteiger partial charge in [-0.05, 0) is 25.8 Å². The van der Waals surface area contributed by atoms with E-state index in [1.807, 2.05) is 11.0 Å². The molecule has 1 aromatic carbocycles. The molecule has 1 aromatic rings. The topological polar surface area (TPSA) is 72.7 Å². The van der Waals surface area contributed by atoms with Crippen molar-refractivity contribution in [1.29, 1.82) is 0 Å². The first kappa shape index (κ1) is 14.3. The van der Waals surface area contributed by atoms with Crippen LogP contribution in [0.2, 0.25) is 0 Å². The molecule has 0 radical (unpaired) electrons. The van der Waals surface area contributed by atoms with Gasteiger partial charge >= 0.3 is 5.97 Å². The van der Waals surface area contributed by atoms with E-state index in [4.69, 9.17) is 4.74 Å². The van der Waals surface area contributed by atoms with Gasteiger partial charge < -0.3 is 9.64 Å². The Labute approximate surface area is 117 Å². The van der Waals surface area contributed by atoms with E-state index in [0.29, 0.717) is 37.2 Å². The first-order valence-corrected chi connectivity index (χ1v) is 6.61. The van der Waals surface area contributed by atoms with Gasteiger partial charge in [0.15, 0.2) is 0 Å². The maximum absolute atomic E-state index is 11.5. The zero-order valence-electron chi connectivity index (χ0n) is 11.7. The van der Waals surface area contributed by atoms with E-state index in [1.54, 1.807) is 19.1 Å². The summed E-state index contributed by atoms with van der Waals surface area (Å²) in [7, 11) is 1.39. The molecule has 0 N–H and O–H groups in total. The van der Waals surface area contributed by atoms with E-state index in [9.17, 15) is 14.9 Å². The molecule has 0 amide bonds. The number of hydrogen-bond acceptors (Lipinski definition) is 5. The molecule has 0 unspecified atom stereocenters. The zero-order chi connectivity index (χ0) is 14.7. The Morgan fingerprint density at radius 2 is 2.05 bits per heavy atom. The predicted molar refractivity (Wildman–Crippen MR) is 74.8 cm³/mol. The van der Waals surface area contributed by atoms with Crippen LogP contribution in [0.5, 0.6) is 0 Å². The van der Waals surface area contributed by atoms with Crippen LogP contribution in [-0.2, 0) is 9.53 Å². The SMILES string of the molecule is COC(=O)C1CCN(c2cccc(C)c2[N+](=O)[O-])CC1. The van der Waals surface area contributed by atoms with Crippen LogP contribution in [-0.4, -0.2) is 31.1 Å². The third-order valence-corrected chi connectivity index (χ3v) is 3.77. The van der Waals surface area contributed by atoms with Crippen LogP contribution in [0.1, 0.15) is 18.4 Å². The van der Waals surface area contributed by atoms with Crippen molar-refractivity contribution in [1.82, 2.24) is 0 Å². The minimum atomic E-state index is -0.336. The Kier molecular flexibility index (Phi) is 4.22. The summed E-state index contributed by atoms with van der Waals surface area (Å²) in [4.78, 5) is 24.3. The van der Waals surface area contributed by atoms with Crippen molar-refractivity contribution in [3.8, 4) is 0 Å². The number of para-hydroxylation sites is 1. The lowest BCUT2D eigenvalue weighted by atomic mass is 9.96. The Balaban J connectivity index is 2.17. The molecule has 0 spiro atoms. The largest absolute Gasteiger partial charge is 0.469 e. The number of hydrogen-bond donors (Lipinski definition) is 0. The van der Waals surface area contributed by atoms with Crippen molar-refractivity contribution < 1.29 is 14.5 Å². The average Bonchev–Trinajstić information content (AvgIpc) is 2.46. The Hall–Kier alpha value is -2.11. The number of anilines is 1. The molecule has 20 heavy (non-hydrogen) atoms. The van der Waals surface area contributed by atoms with Crippen LogP contribution < -0.4 is 4.90 Å². The molecule has 0 atom stereocenters. The first-order valence-electron chi connectivity index (χ1n) is 6.61. The number of esters is 1. The lowest BCUT2D eigenvalue weighted by Gasteiger charge is -2.32. The quantitative estimate of drug-likeness (QED) is 0.482. The first-order chi connectivity index (χ1) is 9.54. The van der Waals surface area contributed by atoms with E-state index in [0.717, 1.165) is 0 Å². The number of nitro benzene ring substituents is 1. The summed E-state index contributed by atoms with van der Waals surface area (Å²) < 4.78 is 4.75. The molecule has 0 aromatic heterocycles. The molecule has 0 saturated carbocycles. The molecule has 0 aliphatic carbocycles. The molecule has 6 heteroatoms. The van der Waals surface area contributed by atoms with Crippen molar-refractivity contribution in [2.75, 3.05) is 25.1 Å². The van der Waals surface area contributed by atoms with Crippen molar-refractivity contribution in [2.45, 2.75) is 19.8 Å². The summed E-state index contributed by atoms with van der Waals surface area (Å²) >= 11 is 0. The van der Waals surface area contributed by atoms with Gasteiger partial charge in [-0.2, -0.15) is 0 Å². The molecular weight excluding hydrogens is 260 g/mol. The van der Waals surface area contributed by atoms with Crippen LogP contribution in [0.25, 0.3) is 0 Å². The smallest absolute Gasteiger partial charge is 0.308 e. The second-order valence-electron chi connectivity index (χ2n) is 4.98. The second-order valence-corrected chi connectivity index (χ2v) is 4.98. The lowest BCUT2D eigenvalue weighted by molar-refractivity contribution is -0.384. The van der Waals surface area contributed by atoms with Crippen molar-refractivity contribution in [3.05, 3.63) is 33.9 Å². The number of rotatable bonds is 3. The number of nitrogens with zero attached hydrogens (tertiary/aromatic N) is 2. The molecule has 6 nitrogen and oxygen atoms in total. The van der Waals surface area contributed by atoms with Gasteiger partial charge in [0.05, 0.1) is 18.0 Å². The monoisotopic (exact) mass is 278 g/mol. The average molecular weight is 278 g/mol. The van der Waals surface area contributed by atoms with Crippen molar-refractivity contribution in [2.24, 2.45) is 5.92 Å². The van der Waals surface area contributed by atoms with Gasteiger partial charge in [0.2, 0.25) is 0 Å². The molecule has 2 rings (SSSR count).